The van der Waals surface area contributed by atoms with E-state index in [9.17, 15) is 4.79 Å². The van der Waals surface area contributed by atoms with Crippen molar-refractivity contribution in [2.75, 3.05) is 0 Å². The Morgan fingerprint density at radius 2 is 1.95 bits per heavy atom. The highest BCUT2D eigenvalue weighted by molar-refractivity contribution is 7.08. The Labute approximate surface area is 117 Å². The van der Waals surface area contributed by atoms with Crippen LogP contribution in [0.5, 0.6) is 0 Å². The van der Waals surface area contributed by atoms with Crippen LogP contribution >= 0.6 is 11.5 Å². The average molecular weight is 274 g/mol. The van der Waals surface area contributed by atoms with Crippen molar-refractivity contribution < 1.29 is 4.79 Å². The summed E-state index contributed by atoms with van der Waals surface area (Å²) >= 11 is 1.22. The van der Waals surface area contributed by atoms with Crippen LogP contribution in [0.15, 0.2) is 18.2 Å². The molecule has 0 amide bonds. The van der Waals surface area contributed by atoms with Gasteiger partial charge in [0.2, 0.25) is 0 Å². The molecule has 0 radical (unpaired) electrons. The van der Waals surface area contributed by atoms with Gasteiger partial charge in [0.1, 0.15) is 4.88 Å². The number of rotatable bonds is 5. The standard InChI is InChI=1S/C15H18N2OS/c1-4-6-13-15(19-17-16-13)14(18)9-12-10(2)7-5-8-11(12)3/h5,7-8H,4,6,9H2,1-3H3. The van der Waals surface area contributed by atoms with E-state index in [-0.39, 0.29) is 5.78 Å². The van der Waals surface area contributed by atoms with Crippen molar-refractivity contribution >= 4 is 17.3 Å². The lowest BCUT2D eigenvalue weighted by Gasteiger charge is -2.08. The van der Waals surface area contributed by atoms with Crippen molar-refractivity contribution in [1.29, 1.82) is 0 Å². The summed E-state index contributed by atoms with van der Waals surface area (Å²) in [4.78, 5) is 13.1. The lowest BCUT2D eigenvalue weighted by molar-refractivity contribution is 0.0995. The van der Waals surface area contributed by atoms with E-state index in [1.165, 1.54) is 22.7 Å². The SMILES string of the molecule is CCCc1nnsc1C(=O)Cc1c(C)cccc1C. The largest absolute Gasteiger partial charge is 0.293 e. The van der Waals surface area contributed by atoms with Crippen molar-refractivity contribution in [3.8, 4) is 0 Å². The van der Waals surface area contributed by atoms with Gasteiger partial charge >= 0.3 is 0 Å². The smallest absolute Gasteiger partial charge is 0.180 e. The molecule has 0 aliphatic rings. The van der Waals surface area contributed by atoms with E-state index < -0.39 is 0 Å². The molecule has 0 aliphatic heterocycles. The summed E-state index contributed by atoms with van der Waals surface area (Å²) in [6.07, 6.45) is 2.25. The van der Waals surface area contributed by atoms with Crippen molar-refractivity contribution in [1.82, 2.24) is 9.59 Å². The third-order valence-corrected chi connectivity index (χ3v) is 4.09. The quantitative estimate of drug-likeness (QED) is 0.783. The Bertz CT molecular complexity index is 569. The van der Waals surface area contributed by atoms with Gasteiger partial charge in [-0.15, -0.1) is 5.10 Å². The van der Waals surface area contributed by atoms with Crippen LogP contribution in [0, 0.1) is 13.8 Å². The first-order chi connectivity index (χ1) is 9.13. The first-order valence-electron chi connectivity index (χ1n) is 6.53. The number of Topliss-reactive ketones (excluding diaryl/α,β-unsaturated/α-hetero) is 1. The average Bonchev–Trinajstić information content (AvgIpc) is 2.83. The summed E-state index contributed by atoms with van der Waals surface area (Å²) in [5.41, 5.74) is 4.32. The molecule has 1 aromatic carbocycles. The second kappa shape index (κ2) is 6.06. The molecule has 0 saturated heterocycles. The zero-order valence-electron chi connectivity index (χ0n) is 11.6. The van der Waals surface area contributed by atoms with E-state index in [0.717, 1.165) is 29.0 Å². The van der Waals surface area contributed by atoms with Gasteiger partial charge in [-0.25, -0.2) is 0 Å². The van der Waals surface area contributed by atoms with E-state index in [2.05, 4.69) is 16.5 Å². The van der Waals surface area contributed by atoms with E-state index in [1.807, 2.05) is 32.0 Å². The predicted octanol–water partition coefficient (Wildman–Crippen LogP) is 3.53. The number of hydrogen-bond donors (Lipinski definition) is 0. The highest BCUT2D eigenvalue weighted by atomic mass is 32.1. The second-order valence-corrected chi connectivity index (χ2v) is 5.52. The molecule has 1 heterocycles. The Morgan fingerprint density at radius 3 is 2.58 bits per heavy atom. The third kappa shape index (κ3) is 3.07. The molecule has 0 atom stereocenters. The molecule has 100 valence electrons. The lowest BCUT2D eigenvalue weighted by atomic mass is 9.97. The summed E-state index contributed by atoms with van der Waals surface area (Å²) < 4.78 is 3.92. The molecule has 0 saturated carbocycles. The highest BCUT2D eigenvalue weighted by Gasteiger charge is 2.17. The summed E-state index contributed by atoms with van der Waals surface area (Å²) in [6.45, 7) is 6.18. The molecule has 0 bridgehead atoms. The Kier molecular flexibility index (Phi) is 4.43. The number of carbonyl (C=O) groups excluding carboxylic acids is 1. The molecule has 0 aliphatic carbocycles. The fourth-order valence-electron chi connectivity index (χ4n) is 2.19. The van der Waals surface area contributed by atoms with Gasteiger partial charge in [0.05, 0.1) is 5.69 Å². The van der Waals surface area contributed by atoms with Gasteiger partial charge in [-0.2, -0.15) is 0 Å². The molecule has 2 rings (SSSR count). The van der Waals surface area contributed by atoms with Crippen LogP contribution in [-0.4, -0.2) is 15.4 Å². The molecular weight excluding hydrogens is 256 g/mol. The molecular formula is C15H18N2OS. The van der Waals surface area contributed by atoms with Crippen molar-refractivity contribution in [3.05, 3.63) is 45.5 Å². The van der Waals surface area contributed by atoms with Crippen molar-refractivity contribution in [2.45, 2.75) is 40.0 Å². The van der Waals surface area contributed by atoms with Crippen LogP contribution in [0.4, 0.5) is 0 Å². The number of nitrogens with zero attached hydrogens (tertiary/aromatic N) is 2. The molecule has 0 unspecified atom stereocenters. The Hall–Kier alpha value is -1.55. The molecule has 3 nitrogen and oxygen atoms in total. The predicted molar refractivity (Wildman–Crippen MR) is 77.9 cm³/mol. The number of aromatic nitrogens is 2. The zero-order valence-corrected chi connectivity index (χ0v) is 12.4. The van der Waals surface area contributed by atoms with E-state index in [0.29, 0.717) is 6.42 Å². The fourth-order valence-corrected chi connectivity index (χ4v) is 2.83. The Morgan fingerprint density at radius 1 is 1.26 bits per heavy atom. The van der Waals surface area contributed by atoms with Crippen molar-refractivity contribution in [2.24, 2.45) is 0 Å². The molecule has 4 heteroatoms. The van der Waals surface area contributed by atoms with Gasteiger partial charge in [0, 0.05) is 6.42 Å². The minimum atomic E-state index is 0.135. The third-order valence-electron chi connectivity index (χ3n) is 3.28. The second-order valence-electron chi connectivity index (χ2n) is 4.77. The summed E-state index contributed by atoms with van der Waals surface area (Å²) in [5, 5.41) is 4.06. The number of carbonyl (C=O) groups is 1. The summed E-state index contributed by atoms with van der Waals surface area (Å²) in [7, 11) is 0. The molecule has 2 aromatic rings. The molecule has 19 heavy (non-hydrogen) atoms. The van der Waals surface area contributed by atoms with Gasteiger partial charge in [0.15, 0.2) is 5.78 Å². The maximum Gasteiger partial charge on any atom is 0.180 e. The molecule has 0 spiro atoms. The molecule has 0 fully saturated rings. The molecule has 1 aromatic heterocycles. The fraction of sp³-hybridized carbons (Fsp3) is 0.400. The minimum Gasteiger partial charge on any atom is -0.293 e. The Balaban J connectivity index is 2.24. The van der Waals surface area contributed by atoms with Crippen LogP contribution in [-0.2, 0) is 12.8 Å². The zero-order chi connectivity index (χ0) is 13.8. The summed E-state index contributed by atoms with van der Waals surface area (Å²) in [5.74, 6) is 0.135. The topological polar surface area (TPSA) is 42.9 Å². The van der Waals surface area contributed by atoms with Crippen LogP contribution in [0.1, 0.15) is 45.4 Å². The lowest BCUT2D eigenvalue weighted by Crippen LogP contribution is -2.07. The molecule has 0 N–H and O–H groups in total. The van der Waals surface area contributed by atoms with E-state index >= 15 is 0 Å². The first kappa shape index (κ1) is 13.9. The van der Waals surface area contributed by atoms with Crippen molar-refractivity contribution in [3.63, 3.8) is 0 Å². The maximum absolute atomic E-state index is 12.4. The van der Waals surface area contributed by atoms with Gasteiger partial charge in [-0.05, 0) is 48.5 Å². The maximum atomic E-state index is 12.4. The highest BCUT2D eigenvalue weighted by Crippen LogP contribution is 2.19. The van der Waals surface area contributed by atoms with Crippen LogP contribution in [0.25, 0.3) is 0 Å². The number of hydrogen-bond acceptors (Lipinski definition) is 4. The first-order valence-corrected chi connectivity index (χ1v) is 7.30. The number of ketones is 1. The summed E-state index contributed by atoms with van der Waals surface area (Å²) in [6, 6.07) is 6.12. The van der Waals surface area contributed by atoms with Gasteiger partial charge < -0.3 is 0 Å². The van der Waals surface area contributed by atoms with Crippen LogP contribution < -0.4 is 0 Å². The van der Waals surface area contributed by atoms with Gasteiger partial charge in [0.25, 0.3) is 0 Å². The van der Waals surface area contributed by atoms with Gasteiger partial charge in [-0.1, -0.05) is 36.0 Å². The van der Waals surface area contributed by atoms with Crippen LogP contribution in [0.2, 0.25) is 0 Å². The van der Waals surface area contributed by atoms with Gasteiger partial charge in [-0.3, -0.25) is 4.79 Å². The van der Waals surface area contributed by atoms with E-state index in [1.54, 1.807) is 0 Å². The number of aryl methyl sites for hydroxylation is 3. The monoisotopic (exact) mass is 274 g/mol. The normalized spacial score (nSPS) is 10.7. The minimum absolute atomic E-state index is 0.135. The van der Waals surface area contributed by atoms with Crippen LogP contribution in [0.3, 0.4) is 0 Å². The van der Waals surface area contributed by atoms with E-state index in [4.69, 9.17) is 0 Å². The number of benzene rings is 1.